The normalized spacial score (nSPS) is 24.6. The van der Waals surface area contributed by atoms with Gasteiger partial charge in [-0.15, -0.1) is 0 Å². The molecule has 1 aromatic carbocycles. The van der Waals surface area contributed by atoms with E-state index in [4.69, 9.17) is 5.10 Å². The highest BCUT2D eigenvalue weighted by Gasteiger charge is 2.42. The van der Waals surface area contributed by atoms with Crippen molar-refractivity contribution in [1.29, 1.82) is 0 Å². The van der Waals surface area contributed by atoms with Crippen LogP contribution >= 0.6 is 0 Å². The van der Waals surface area contributed by atoms with Gasteiger partial charge in [0, 0.05) is 29.6 Å². The fourth-order valence-electron chi connectivity index (χ4n) is 5.25. The molecule has 2 fully saturated rings. The number of nitrogens with zero attached hydrogens (tertiary/aromatic N) is 2. The van der Waals surface area contributed by atoms with Crippen molar-refractivity contribution in [3.63, 3.8) is 0 Å². The molecule has 2 aromatic rings. The van der Waals surface area contributed by atoms with Gasteiger partial charge in [-0.1, -0.05) is 61.7 Å². The lowest BCUT2D eigenvalue weighted by Crippen LogP contribution is -2.39. The van der Waals surface area contributed by atoms with Crippen molar-refractivity contribution in [3.8, 4) is 0 Å². The number of aromatic nitrogens is 2. The molecular weight excluding hydrogens is 358 g/mol. The van der Waals surface area contributed by atoms with E-state index in [2.05, 4.69) is 47.8 Å². The Morgan fingerprint density at radius 1 is 1.07 bits per heavy atom. The fourth-order valence-corrected chi connectivity index (χ4v) is 5.25. The minimum Gasteiger partial charge on any atom is -0.365 e. The van der Waals surface area contributed by atoms with E-state index in [9.17, 15) is 4.79 Å². The molecule has 1 aromatic heterocycles. The molecule has 0 saturated heterocycles. The third-order valence-corrected chi connectivity index (χ3v) is 6.93. The number of nitrogens with one attached hydrogen (secondary N) is 1. The van der Waals surface area contributed by atoms with Gasteiger partial charge in [-0.2, -0.15) is 5.10 Å². The highest BCUT2D eigenvalue weighted by Crippen LogP contribution is 2.48. The molecule has 4 nitrogen and oxygen atoms in total. The first-order valence-electron chi connectivity index (χ1n) is 11.0. The molecule has 5 rings (SSSR count). The molecule has 1 heterocycles. The number of aldehydes is 1. The van der Waals surface area contributed by atoms with E-state index in [1.807, 2.05) is 4.68 Å². The number of hydrogen-bond donors (Lipinski definition) is 1. The summed E-state index contributed by atoms with van der Waals surface area (Å²) >= 11 is 0. The third kappa shape index (κ3) is 3.45. The average Bonchev–Trinajstić information content (AvgIpc) is 3.54. The summed E-state index contributed by atoms with van der Waals surface area (Å²) in [6.07, 6.45) is 18.8. The second-order valence-electron chi connectivity index (χ2n) is 8.80. The number of rotatable bonds is 6. The molecule has 1 N–H and O–H groups in total. The summed E-state index contributed by atoms with van der Waals surface area (Å²) < 4.78 is 1.93. The molecule has 4 heteroatoms. The summed E-state index contributed by atoms with van der Waals surface area (Å²) in [6, 6.07) is 11.5. The predicted octanol–water partition coefficient (Wildman–Crippen LogP) is 5.21. The molecule has 0 bridgehead atoms. The first-order chi connectivity index (χ1) is 14.3. The van der Waals surface area contributed by atoms with E-state index in [1.165, 1.54) is 67.8 Å². The summed E-state index contributed by atoms with van der Waals surface area (Å²) in [5, 5.41) is 8.40. The van der Waals surface area contributed by atoms with Crippen LogP contribution in [0.1, 0.15) is 61.8 Å². The summed E-state index contributed by atoms with van der Waals surface area (Å²) in [4.78, 5) is 11.0. The Kier molecular flexibility index (Phi) is 4.86. The van der Waals surface area contributed by atoms with Crippen molar-refractivity contribution in [2.45, 2.75) is 62.8 Å². The van der Waals surface area contributed by atoms with Crippen LogP contribution in [0.25, 0.3) is 12.3 Å². The lowest BCUT2D eigenvalue weighted by atomic mass is 9.61. The van der Waals surface area contributed by atoms with Gasteiger partial charge in [-0.05, 0) is 43.2 Å². The topological polar surface area (TPSA) is 46.9 Å². The molecule has 3 aliphatic carbocycles. The van der Waals surface area contributed by atoms with Crippen molar-refractivity contribution in [3.05, 3.63) is 59.3 Å². The highest BCUT2D eigenvalue weighted by molar-refractivity contribution is 5.73. The van der Waals surface area contributed by atoms with Crippen LogP contribution in [0, 0.1) is 5.92 Å². The van der Waals surface area contributed by atoms with Gasteiger partial charge in [-0.25, -0.2) is 4.68 Å². The zero-order valence-electron chi connectivity index (χ0n) is 16.9. The smallest absolute Gasteiger partial charge is 0.156 e. The number of benzene rings is 1. The Morgan fingerprint density at radius 2 is 1.86 bits per heavy atom. The SMILES string of the molecule is O=CC=Cn1nc(NC2CC2)c2c1CC(c1ccccc1)(C1CCCCC1)C=C2. The van der Waals surface area contributed by atoms with Crippen LogP contribution in [0.2, 0.25) is 0 Å². The van der Waals surface area contributed by atoms with Crippen molar-refractivity contribution >= 4 is 24.4 Å². The second-order valence-corrected chi connectivity index (χ2v) is 8.80. The standard InChI is InChI=1S/C25H29N3O/c29-17-7-16-28-23-18-25(19-8-3-1-4-9-19,20-10-5-2-6-11-20)15-14-22(23)24(27-28)26-21-12-13-21/h1,3-4,7-9,14-17,20-21H,2,5-6,10-13,18H2,(H,26,27). The Bertz CT molecular complexity index is 932. The largest absolute Gasteiger partial charge is 0.365 e. The zero-order chi connectivity index (χ0) is 19.7. The molecule has 0 amide bonds. The Labute approximate surface area is 172 Å². The number of fused-ring (bicyclic) bond motifs is 1. The van der Waals surface area contributed by atoms with E-state index in [-0.39, 0.29) is 5.41 Å². The van der Waals surface area contributed by atoms with Gasteiger partial charge in [0.05, 0.1) is 5.69 Å². The van der Waals surface area contributed by atoms with Gasteiger partial charge in [0.2, 0.25) is 0 Å². The quantitative estimate of drug-likeness (QED) is 0.546. The molecule has 150 valence electrons. The molecule has 3 aliphatic rings. The van der Waals surface area contributed by atoms with E-state index in [1.54, 1.807) is 6.20 Å². The van der Waals surface area contributed by atoms with Crippen LogP contribution in [0.5, 0.6) is 0 Å². The minimum atomic E-state index is -0.00165. The monoisotopic (exact) mass is 387 g/mol. The number of carbonyl (C=O) groups excluding carboxylic acids is 1. The van der Waals surface area contributed by atoms with Gasteiger partial charge in [-0.3, -0.25) is 4.79 Å². The lowest BCUT2D eigenvalue weighted by molar-refractivity contribution is -0.104. The molecule has 1 unspecified atom stereocenters. The van der Waals surface area contributed by atoms with Crippen molar-refractivity contribution < 1.29 is 4.79 Å². The first-order valence-corrected chi connectivity index (χ1v) is 11.0. The number of anilines is 1. The molecule has 0 radical (unpaired) electrons. The summed E-state index contributed by atoms with van der Waals surface area (Å²) in [5.74, 6) is 1.60. The molecular formula is C25H29N3O. The lowest BCUT2D eigenvalue weighted by Gasteiger charge is -2.43. The first kappa shape index (κ1) is 18.4. The maximum absolute atomic E-state index is 11.0. The molecule has 2 saturated carbocycles. The van der Waals surface area contributed by atoms with E-state index in [0.29, 0.717) is 12.0 Å². The zero-order valence-corrected chi connectivity index (χ0v) is 16.9. The van der Waals surface area contributed by atoms with Crippen LogP contribution in [-0.2, 0) is 16.6 Å². The van der Waals surface area contributed by atoms with Gasteiger partial charge < -0.3 is 5.32 Å². The average molecular weight is 388 g/mol. The van der Waals surface area contributed by atoms with Crippen LogP contribution in [-0.4, -0.2) is 22.1 Å². The Morgan fingerprint density at radius 3 is 2.59 bits per heavy atom. The van der Waals surface area contributed by atoms with Gasteiger partial charge in [0.25, 0.3) is 0 Å². The van der Waals surface area contributed by atoms with Gasteiger partial charge in [0.1, 0.15) is 6.29 Å². The fraction of sp³-hybridized carbons (Fsp3) is 0.440. The van der Waals surface area contributed by atoms with Crippen molar-refractivity contribution in [2.75, 3.05) is 5.32 Å². The maximum atomic E-state index is 11.0. The number of carbonyl (C=O) groups is 1. The van der Waals surface area contributed by atoms with Crippen LogP contribution < -0.4 is 5.32 Å². The van der Waals surface area contributed by atoms with Crippen molar-refractivity contribution in [2.24, 2.45) is 5.92 Å². The van der Waals surface area contributed by atoms with E-state index in [0.717, 1.165) is 18.5 Å². The van der Waals surface area contributed by atoms with Crippen LogP contribution in [0.4, 0.5) is 5.82 Å². The highest BCUT2D eigenvalue weighted by atomic mass is 16.1. The van der Waals surface area contributed by atoms with Crippen molar-refractivity contribution in [1.82, 2.24) is 9.78 Å². The minimum absolute atomic E-state index is 0.00165. The predicted molar refractivity (Wildman–Crippen MR) is 118 cm³/mol. The molecule has 0 spiro atoms. The Balaban J connectivity index is 1.60. The number of allylic oxidation sites excluding steroid dienone is 2. The summed E-state index contributed by atoms with van der Waals surface area (Å²) in [6.45, 7) is 0. The summed E-state index contributed by atoms with van der Waals surface area (Å²) in [5.41, 5.74) is 3.80. The number of hydrogen-bond acceptors (Lipinski definition) is 3. The van der Waals surface area contributed by atoms with Gasteiger partial charge in [0.15, 0.2) is 5.82 Å². The van der Waals surface area contributed by atoms with Crippen LogP contribution in [0.15, 0.2) is 42.5 Å². The Hall–Kier alpha value is -2.62. The maximum Gasteiger partial charge on any atom is 0.156 e. The van der Waals surface area contributed by atoms with Gasteiger partial charge >= 0.3 is 0 Å². The summed E-state index contributed by atoms with van der Waals surface area (Å²) in [7, 11) is 0. The van der Waals surface area contributed by atoms with E-state index < -0.39 is 0 Å². The third-order valence-electron chi connectivity index (χ3n) is 6.93. The molecule has 0 aliphatic heterocycles. The molecule has 1 atom stereocenters. The van der Waals surface area contributed by atoms with E-state index >= 15 is 0 Å². The second kappa shape index (κ2) is 7.66. The van der Waals surface area contributed by atoms with Crippen LogP contribution in [0.3, 0.4) is 0 Å². The molecule has 29 heavy (non-hydrogen) atoms.